The van der Waals surface area contributed by atoms with Crippen molar-refractivity contribution in [3.8, 4) is 0 Å². The van der Waals surface area contributed by atoms with E-state index in [9.17, 15) is 13.2 Å². The number of nitrogens with zero attached hydrogens (tertiary/aromatic N) is 2. The standard InChI is InChI=1S/C23H29N3O3S/c1-18-12-16-25(17-13-18)21-8-6-20(7-9-21)24-23(27)19-4-10-22(11-5-19)30(28,29)26-14-2-3-15-26/h4-11,18H,2-3,12-17H2,1H3,(H,24,27). The highest BCUT2D eigenvalue weighted by Crippen LogP contribution is 2.25. The van der Waals surface area contributed by atoms with Gasteiger partial charge in [0.2, 0.25) is 10.0 Å². The summed E-state index contributed by atoms with van der Waals surface area (Å²) in [6, 6.07) is 14.1. The van der Waals surface area contributed by atoms with Gasteiger partial charge in [-0.05, 0) is 80.1 Å². The highest BCUT2D eigenvalue weighted by atomic mass is 32.2. The minimum absolute atomic E-state index is 0.237. The molecular weight excluding hydrogens is 398 g/mol. The fourth-order valence-electron chi connectivity index (χ4n) is 4.08. The third-order valence-corrected chi connectivity index (χ3v) is 8.01. The summed E-state index contributed by atoms with van der Waals surface area (Å²) in [5.74, 6) is 0.538. The van der Waals surface area contributed by atoms with Crippen molar-refractivity contribution < 1.29 is 13.2 Å². The molecule has 30 heavy (non-hydrogen) atoms. The van der Waals surface area contributed by atoms with Crippen LogP contribution in [-0.2, 0) is 10.0 Å². The number of nitrogens with one attached hydrogen (secondary N) is 1. The van der Waals surface area contributed by atoms with Gasteiger partial charge >= 0.3 is 0 Å². The van der Waals surface area contributed by atoms with E-state index in [1.165, 1.54) is 35.0 Å². The molecule has 2 fully saturated rings. The van der Waals surface area contributed by atoms with Crippen LogP contribution in [0, 0.1) is 5.92 Å². The van der Waals surface area contributed by atoms with Gasteiger partial charge in [0.15, 0.2) is 0 Å². The molecule has 2 aliphatic rings. The Morgan fingerprint density at radius 1 is 0.900 bits per heavy atom. The van der Waals surface area contributed by atoms with Crippen molar-refractivity contribution in [1.82, 2.24) is 4.31 Å². The molecule has 160 valence electrons. The number of carbonyl (C=O) groups is 1. The summed E-state index contributed by atoms with van der Waals surface area (Å²) < 4.78 is 26.7. The van der Waals surface area contributed by atoms with Crippen molar-refractivity contribution in [2.24, 2.45) is 5.92 Å². The molecule has 0 unspecified atom stereocenters. The van der Waals surface area contributed by atoms with Gasteiger partial charge in [0.05, 0.1) is 4.90 Å². The Hall–Kier alpha value is -2.38. The Morgan fingerprint density at radius 2 is 1.50 bits per heavy atom. The Balaban J connectivity index is 1.39. The number of rotatable bonds is 5. The fraction of sp³-hybridized carbons (Fsp3) is 0.435. The minimum atomic E-state index is -3.46. The number of benzene rings is 2. The smallest absolute Gasteiger partial charge is 0.255 e. The van der Waals surface area contributed by atoms with E-state index in [1.54, 1.807) is 12.1 Å². The number of carbonyl (C=O) groups excluding carboxylic acids is 1. The van der Waals surface area contributed by atoms with Gasteiger partial charge in [-0.3, -0.25) is 4.79 Å². The maximum atomic E-state index is 12.6. The third kappa shape index (κ3) is 4.52. The second-order valence-corrected chi connectivity index (χ2v) is 10.2. The van der Waals surface area contributed by atoms with E-state index in [0.717, 1.165) is 37.5 Å². The predicted molar refractivity (Wildman–Crippen MR) is 119 cm³/mol. The summed E-state index contributed by atoms with van der Waals surface area (Å²) in [6.07, 6.45) is 4.22. The lowest BCUT2D eigenvalue weighted by molar-refractivity contribution is 0.102. The number of piperidine rings is 1. The molecule has 0 aromatic heterocycles. The maximum Gasteiger partial charge on any atom is 0.255 e. The van der Waals surface area contributed by atoms with Crippen LogP contribution in [0.3, 0.4) is 0 Å². The average molecular weight is 428 g/mol. The number of sulfonamides is 1. The molecule has 2 aromatic rings. The quantitative estimate of drug-likeness (QED) is 0.784. The molecule has 2 saturated heterocycles. The molecule has 2 heterocycles. The molecule has 0 bridgehead atoms. The Labute approximate surface area is 178 Å². The Bertz CT molecular complexity index is 973. The molecule has 0 radical (unpaired) electrons. The van der Waals surface area contributed by atoms with Crippen LogP contribution >= 0.6 is 0 Å². The van der Waals surface area contributed by atoms with Crippen LogP contribution in [0.2, 0.25) is 0 Å². The predicted octanol–water partition coefficient (Wildman–Crippen LogP) is 3.96. The highest BCUT2D eigenvalue weighted by Gasteiger charge is 2.27. The van der Waals surface area contributed by atoms with Crippen LogP contribution in [0.15, 0.2) is 53.4 Å². The van der Waals surface area contributed by atoms with Crippen molar-refractivity contribution in [3.05, 3.63) is 54.1 Å². The van der Waals surface area contributed by atoms with Crippen LogP contribution in [-0.4, -0.2) is 44.8 Å². The van der Waals surface area contributed by atoms with Crippen LogP contribution < -0.4 is 10.2 Å². The SMILES string of the molecule is CC1CCN(c2ccc(NC(=O)c3ccc(S(=O)(=O)N4CCCC4)cc3)cc2)CC1. The van der Waals surface area contributed by atoms with Crippen molar-refractivity contribution >= 4 is 27.3 Å². The van der Waals surface area contributed by atoms with Crippen molar-refractivity contribution in [2.75, 3.05) is 36.4 Å². The molecule has 2 aliphatic heterocycles. The number of hydrogen-bond acceptors (Lipinski definition) is 4. The van der Waals surface area contributed by atoms with E-state index in [1.807, 2.05) is 24.3 Å². The highest BCUT2D eigenvalue weighted by molar-refractivity contribution is 7.89. The van der Waals surface area contributed by atoms with E-state index >= 15 is 0 Å². The molecule has 1 N–H and O–H groups in total. The summed E-state index contributed by atoms with van der Waals surface area (Å²) in [7, 11) is -3.46. The molecule has 0 atom stereocenters. The van der Waals surface area contributed by atoms with Gasteiger partial charge in [0, 0.05) is 43.1 Å². The van der Waals surface area contributed by atoms with Gasteiger partial charge in [-0.2, -0.15) is 4.31 Å². The summed E-state index contributed by atoms with van der Waals surface area (Å²) in [5, 5.41) is 2.89. The Morgan fingerprint density at radius 3 is 2.10 bits per heavy atom. The molecule has 4 rings (SSSR count). The zero-order valence-corrected chi connectivity index (χ0v) is 18.2. The molecule has 6 nitrogen and oxygen atoms in total. The van der Waals surface area contributed by atoms with Crippen molar-refractivity contribution in [3.63, 3.8) is 0 Å². The molecule has 0 spiro atoms. The largest absolute Gasteiger partial charge is 0.372 e. The lowest BCUT2D eigenvalue weighted by Crippen LogP contribution is -2.32. The van der Waals surface area contributed by atoms with E-state index in [0.29, 0.717) is 18.7 Å². The number of anilines is 2. The van der Waals surface area contributed by atoms with Gasteiger partial charge in [-0.25, -0.2) is 8.42 Å². The van der Waals surface area contributed by atoms with E-state index < -0.39 is 10.0 Å². The van der Waals surface area contributed by atoms with Crippen molar-refractivity contribution in [2.45, 2.75) is 37.5 Å². The first kappa shape index (κ1) is 20.9. The molecule has 0 saturated carbocycles. The van der Waals surface area contributed by atoms with Gasteiger partial charge in [-0.15, -0.1) is 0 Å². The summed E-state index contributed by atoms with van der Waals surface area (Å²) in [6.45, 7) is 5.57. The van der Waals surface area contributed by atoms with E-state index in [2.05, 4.69) is 17.1 Å². The van der Waals surface area contributed by atoms with Gasteiger partial charge in [-0.1, -0.05) is 6.92 Å². The average Bonchev–Trinajstić information content (AvgIpc) is 3.31. The normalized spacial score (nSPS) is 18.5. The monoisotopic (exact) mass is 427 g/mol. The topological polar surface area (TPSA) is 69.7 Å². The van der Waals surface area contributed by atoms with Crippen LogP contribution in [0.25, 0.3) is 0 Å². The van der Waals surface area contributed by atoms with Crippen LogP contribution in [0.1, 0.15) is 43.0 Å². The molecule has 0 aliphatic carbocycles. The molecule has 7 heteroatoms. The summed E-state index contributed by atoms with van der Waals surface area (Å²) >= 11 is 0. The van der Waals surface area contributed by atoms with Gasteiger partial charge < -0.3 is 10.2 Å². The maximum absolute atomic E-state index is 12.6. The summed E-state index contributed by atoms with van der Waals surface area (Å²) in [5.41, 5.74) is 2.34. The lowest BCUT2D eigenvalue weighted by atomic mass is 9.99. The van der Waals surface area contributed by atoms with Crippen LogP contribution in [0.4, 0.5) is 11.4 Å². The molecular formula is C23H29N3O3S. The third-order valence-electron chi connectivity index (χ3n) is 6.09. The zero-order chi connectivity index (χ0) is 21.1. The van der Waals surface area contributed by atoms with Gasteiger partial charge in [0.1, 0.15) is 0 Å². The fourth-order valence-corrected chi connectivity index (χ4v) is 5.60. The first-order valence-electron chi connectivity index (χ1n) is 10.7. The number of hydrogen-bond donors (Lipinski definition) is 1. The minimum Gasteiger partial charge on any atom is -0.372 e. The Kier molecular flexibility index (Phi) is 6.11. The first-order valence-corrected chi connectivity index (χ1v) is 12.1. The van der Waals surface area contributed by atoms with Crippen LogP contribution in [0.5, 0.6) is 0 Å². The molecule has 2 aromatic carbocycles. The second kappa shape index (κ2) is 8.78. The lowest BCUT2D eigenvalue weighted by Gasteiger charge is -2.32. The second-order valence-electron chi connectivity index (χ2n) is 8.31. The van der Waals surface area contributed by atoms with Crippen molar-refractivity contribution in [1.29, 1.82) is 0 Å². The van der Waals surface area contributed by atoms with E-state index in [4.69, 9.17) is 0 Å². The van der Waals surface area contributed by atoms with Gasteiger partial charge in [0.25, 0.3) is 5.91 Å². The molecule has 1 amide bonds. The zero-order valence-electron chi connectivity index (χ0n) is 17.4. The first-order chi connectivity index (χ1) is 14.4. The van der Waals surface area contributed by atoms with E-state index in [-0.39, 0.29) is 10.8 Å². The summed E-state index contributed by atoms with van der Waals surface area (Å²) in [4.78, 5) is 15.2. The number of amides is 1.